The number of hydrogen-bond acceptors (Lipinski definition) is 5. The van der Waals surface area contributed by atoms with Crippen LogP contribution in [0.25, 0.3) is 0 Å². The third-order valence-corrected chi connectivity index (χ3v) is 3.77. The van der Waals surface area contributed by atoms with Crippen molar-refractivity contribution >= 4 is 36.0 Å². The highest BCUT2D eigenvalue weighted by atomic mass is 35.5. The molecule has 22 heavy (non-hydrogen) atoms. The minimum Gasteiger partial charge on any atom is -0.326 e. The number of fused-ring (bicyclic) bond motifs is 1. The standard InChI is InChI=1S/C14H13N3O4.ClH/c15-6-7-2-1-3-8-11(7)14(21)17(13(8)20)9-4-5-10(18)16-12(9)19;/h1-3,9H,4-6,15H2,(H,16,18,19);1H/t9-;/m0./s1. The first kappa shape index (κ1) is 16.1. The molecule has 8 heteroatoms. The van der Waals surface area contributed by atoms with Crippen LogP contribution in [-0.2, 0) is 16.1 Å². The third kappa shape index (κ3) is 2.28. The van der Waals surface area contributed by atoms with Gasteiger partial charge in [-0.1, -0.05) is 12.1 Å². The van der Waals surface area contributed by atoms with Gasteiger partial charge >= 0.3 is 0 Å². The van der Waals surface area contributed by atoms with Crippen molar-refractivity contribution in [3.05, 3.63) is 34.9 Å². The number of hydrogen-bond donors (Lipinski definition) is 2. The Labute approximate surface area is 132 Å². The molecule has 2 aliphatic rings. The Balaban J connectivity index is 0.00000176. The van der Waals surface area contributed by atoms with Gasteiger partial charge in [0.2, 0.25) is 11.8 Å². The molecule has 1 fully saturated rings. The molecule has 0 spiro atoms. The summed E-state index contributed by atoms with van der Waals surface area (Å²) in [5.74, 6) is -2.05. The highest BCUT2D eigenvalue weighted by Crippen LogP contribution is 2.29. The highest BCUT2D eigenvalue weighted by Gasteiger charge is 2.45. The van der Waals surface area contributed by atoms with Gasteiger partial charge in [-0.2, -0.15) is 0 Å². The Morgan fingerprint density at radius 2 is 1.91 bits per heavy atom. The summed E-state index contributed by atoms with van der Waals surface area (Å²) in [5, 5.41) is 2.15. The molecule has 0 aromatic heterocycles. The molecule has 2 aliphatic heterocycles. The Hall–Kier alpha value is -2.25. The lowest BCUT2D eigenvalue weighted by Gasteiger charge is -2.27. The molecule has 1 aromatic carbocycles. The van der Waals surface area contributed by atoms with Crippen molar-refractivity contribution in [2.24, 2.45) is 5.73 Å². The minimum atomic E-state index is -0.944. The summed E-state index contributed by atoms with van der Waals surface area (Å²) < 4.78 is 0. The van der Waals surface area contributed by atoms with E-state index in [1.165, 1.54) is 0 Å². The number of nitrogens with zero attached hydrogens (tertiary/aromatic N) is 1. The Kier molecular flexibility index (Phi) is 4.30. The van der Waals surface area contributed by atoms with E-state index in [9.17, 15) is 19.2 Å². The Morgan fingerprint density at radius 3 is 2.55 bits per heavy atom. The summed E-state index contributed by atoms with van der Waals surface area (Å²) in [5.41, 5.74) is 6.68. The van der Waals surface area contributed by atoms with Crippen molar-refractivity contribution in [1.82, 2.24) is 10.2 Å². The number of imide groups is 2. The van der Waals surface area contributed by atoms with E-state index in [2.05, 4.69) is 5.32 Å². The number of carbonyl (C=O) groups is 4. The molecule has 1 saturated heterocycles. The van der Waals surface area contributed by atoms with Crippen LogP contribution in [0, 0.1) is 0 Å². The summed E-state index contributed by atoms with van der Waals surface area (Å²) in [7, 11) is 0. The monoisotopic (exact) mass is 323 g/mol. The van der Waals surface area contributed by atoms with E-state index in [0.29, 0.717) is 5.56 Å². The highest BCUT2D eigenvalue weighted by molar-refractivity contribution is 6.24. The van der Waals surface area contributed by atoms with Crippen LogP contribution in [0.15, 0.2) is 18.2 Å². The molecule has 0 bridgehead atoms. The van der Waals surface area contributed by atoms with Crippen molar-refractivity contribution in [2.75, 3.05) is 0 Å². The van der Waals surface area contributed by atoms with E-state index >= 15 is 0 Å². The van der Waals surface area contributed by atoms with Crippen molar-refractivity contribution in [3.8, 4) is 0 Å². The second-order valence-corrected chi connectivity index (χ2v) is 4.99. The number of rotatable bonds is 2. The van der Waals surface area contributed by atoms with Crippen LogP contribution in [0.3, 0.4) is 0 Å². The van der Waals surface area contributed by atoms with Gasteiger partial charge in [0, 0.05) is 13.0 Å². The fourth-order valence-corrected chi connectivity index (χ4v) is 2.76. The van der Waals surface area contributed by atoms with Crippen molar-refractivity contribution < 1.29 is 19.2 Å². The van der Waals surface area contributed by atoms with Gasteiger partial charge in [0.1, 0.15) is 6.04 Å². The number of carbonyl (C=O) groups excluding carboxylic acids is 4. The van der Waals surface area contributed by atoms with E-state index < -0.39 is 29.7 Å². The van der Waals surface area contributed by atoms with Crippen molar-refractivity contribution in [3.63, 3.8) is 0 Å². The maximum atomic E-state index is 12.5. The van der Waals surface area contributed by atoms with Gasteiger partial charge in [-0.25, -0.2) is 0 Å². The number of nitrogens with one attached hydrogen (secondary N) is 1. The first-order valence-corrected chi connectivity index (χ1v) is 6.58. The number of amides is 4. The summed E-state index contributed by atoms with van der Waals surface area (Å²) in [6, 6.07) is 3.93. The van der Waals surface area contributed by atoms with Crippen molar-refractivity contribution in [1.29, 1.82) is 0 Å². The predicted octanol–water partition coefficient (Wildman–Crippen LogP) is -0.0317. The number of piperidine rings is 1. The Bertz CT molecular complexity index is 689. The molecule has 7 nitrogen and oxygen atoms in total. The summed E-state index contributed by atoms with van der Waals surface area (Å²) in [6.45, 7) is 0.130. The maximum absolute atomic E-state index is 12.5. The molecule has 4 amide bonds. The molecule has 0 saturated carbocycles. The summed E-state index contributed by atoms with van der Waals surface area (Å²) >= 11 is 0. The topological polar surface area (TPSA) is 110 Å². The maximum Gasteiger partial charge on any atom is 0.262 e. The first-order chi connectivity index (χ1) is 10.0. The van der Waals surface area contributed by atoms with Crippen LogP contribution in [0.5, 0.6) is 0 Å². The molecule has 0 aliphatic carbocycles. The average Bonchev–Trinajstić information content (AvgIpc) is 2.72. The van der Waals surface area contributed by atoms with Crippen LogP contribution in [0.1, 0.15) is 39.1 Å². The van der Waals surface area contributed by atoms with E-state index in [1.807, 2.05) is 0 Å². The second kappa shape index (κ2) is 5.86. The summed E-state index contributed by atoms with van der Waals surface area (Å²) in [6.07, 6.45) is 0.252. The fourth-order valence-electron chi connectivity index (χ4n) is 2.76. The SMILES string of the molecule is Cl.NCc1cccc2c1C(=O)N([C@H]1CCC(=O)NC1=O)C2=O. The molecule has 2 heterocycles. The van der Waals surface area contributed by atoms with Gasteiger partial charge in [-0.15, -0.1) is 12.4 Å². The van der Waals surface area contributed by atoms with E-state index in [4.69, 9.17) is 5.73 Å². The molecular formula is C14H14ClN3O4. The zero-order valence-corrected chi connectivity index (χ0v) is 12.3. The van der Waals surface area contributed by atoms with Crippen LogP contribution < -0.4 is 11.1 Å². The fraction of sp³-hybridized carbons (Fsp3) is 0.286. The number of benzene rings is 1. The van der Waals surface area contributed by atoms with Gasteiger partial charge in [-0.3, -0.25) is 29.4 Å². The molecule has 0 unspecified atom stereocenters. The lowest BCUT2D eigenvalue weighted by atomic mass is 10.0. The van der Waals surface area contributed by atoms with E-state index in [1.54, 1.807) is 18.2 Å². The minimum absolute atomic E-state index is 0. The summed E-state index contributed by atoms with van der Waals surface area (Å²) in [4.78, 5) is 48.9. The lowest BCUT2D eigenvalue weighted by Crippen LogP contribution is -2.54. The second-order valence-electron chi connectivity index (χ2n) is 4.99. The molecule has 0 radical (unpaired) electrons. The zero-order valence-electron chi connectivity index (χ0n) is 11.5. The number of halogens is 1. The van der Waals surface area contributed by atoms with E-state index in [0.717, 1.165) is 4.90 Å². The van der Waals surface area contributed by atoms with E-state index in [-0.39, 0.29) is 42.9 Å². The van der Waals surface area contributed by atoms with Gasteiger partial charge in [0.15, 0.2) is 0 Å². The molecule has 3 rings (SSSR count). The molecule has 1 atom stereocenters. The quantitative estimate of drug-likeness (QED) is 0.743. The predicted molar refractivity (Wildman–Crippen MR) is 78.3 cm³/mol. The molecular weight excluding hydrogens is 310 g/mol. The Morgan fingerprint density at radius 1 is 1.18 bits per heavy atom. The zero-order chi connectivity index (χ0) is 15.1. The number of nitrogens with two attached hydrogens (primary N) is 1. The lowest BCUT2D eigenvalue weighted by molar-refractivity contribution is -0.136. The molecule has 116 valence electrons. The van der Waals surface area contributed by atoms with Crippen molar-refractivity contribution in [2.45, 2.75) is 25.4 Å². The largest absolute Gasteiger partial charge is 0.326 e. The van der Waals surface area contributed by atoms with Gasteiger partial charge in [0.25, 0.3) is 11.8 Å². The third-order valence-electron chi connectivity index (χ3n) is 3.77. The molecule has 3 N–H and O–H groups in total. The van der Waals surface area contributed by atoms with Crippen LogP contribution >= 0.6 is 12.4 Å². The van der Waals surface area contributed by atoms with Gasteiger partial charge < -0.3 is 5.73 Å². The van der Waals surface area contributed by atoms with Gasteiger partial charge in [-0.05, 0) is 18.1 Å². The van der Waals surface area contributed by atoms with Crippen LogP contribution in [-0.4, -0.2) is 34.6 Å². The smallest absolute Gasteiger partial charge is 0.262 e. The average molecular weight is 324 g/mol. The van der Waals surface area contributed by atoms with Crippen LogP contribution in [0.4, 0.5) is 0 Å². The van der Waals surface area contributed by atoms with Gasteiger partial charge in [0.05, 0.1) is 11.1 Å². The molecule has 1 aromatic rings. The normalized spacial score (nSPS) is 20.6. The first-order valence-electron chi connectivity index (χ1n) is 6.58. The van der Waals surface area contributed by atoms with Crippen LogP contribution in [0.2, 0.25) is 0 Å².